The molecule has 5 heteroatoms. The number of nitrogens with zero attached hydrogens (tertiary/aromatic N) is 2. The van der Waals surface area contributed by atoms with Crippen LogP contribution in [0.15, 0.2) is 11.2 Å². The average Bonchev–Trinajstić information content (AvgIpc) is 1.86. The van der Waals surface area contributed by atoms with Crippen LogP contribution in [-0.2, 0) is 0 Å². The van der Waals surface area contributed by atoms with Gasteiger partial charge >= 0.3 is 0 Å². The summed E-state index contributed by atoms with van der Waals surface area (Å²) in [5.74, 6) is 0. The Morgan fingerprint density at radius 2 is 2.43 bits per heavy atom. The fraction of sp³-hybridized carbons (Fsp3) is 0. The van der Waals surface area contributed by atoms with Gasteiger partial charge in [0, 0.05) is 29.6 Å². The van der Waals surface area contributed by atoms with Crippen molar-refractivity contribution in [3.63, 3.8) is 0 Å². The number of hydrogen-bond donors (Lipinski definition) is 2. The molecule has 1 aromatic rings. The van der Waals surface area contributed by atoms with Crippen LogP contribution in [0.2, 0.25) is 0 Å². The Kier molecular flexibility index (Phi) is 3.73. The van der Waals surface area contributed by atoms with E-state index in [4.69, 9.17) is 0 Å². The molecular formula is C2H3N3NaS. The molecule has 1 aromatic heterocycles. The maximum Gasteiger partial charge on any atom is 0.108 e. The minimum absolute atomic E-state index is 0. The third-order valence-electron chi connectivity index (χ3n) is 0.402. The van der Waals surface area contributed by atoms with E-state index in [-0.39, 0.29) is 29.6 Å². The molecule has 0 saturated carbocycles. The van der Waals surface area contributed by atoms with Gasteiger partial charge in [-0.1, -0.05) is 5.21 Å². The zero-order valence-corrected chi connectivity index (χ0v) is 6.81. The first-order chi connectivity index (χ1) is 2.89. The van der Waals surface area contributed by atoms with Crippen molar-refractivity contribution in [2.45, 2.75) is 5.03 Å². The Morgan fingerprint density at radius 3 is 2.57 bits per heavy atom. The molecule has 0 aliphatic heterocycles. The number of hydrogen-bond acceptors (Lipinski definition) is 3. The Morgan fingerprint density at radius 1 is 1.71 bits per heavy atom. The van der Waals surface area contributed by atoms with Crippen molar-refractivity contribution in [2.24, 2.45) is 0 Å². The molecule has 3 nitrogen and oxygen atoms in total. The summed E-state index contributed by atoms with van der Waals surface area (Å²) in [6.45, 7) is 0. The van der Waals surface area contributed by atoms with Crippen LogP contribution in [0.3, 0.4) is 0 Å². The maximum atomic E-state index is 3.85. The van der Waals surface area contributed by atoms with Gasteiger partial charge in [-0.25, -0.2) is 0 Å². The van der Waals surface area contributed by atoms with E-state index in [1.165, 1.54) is 6.20 Å². The van der Waals surface area contributed by atoms with E-state index in [0.717, 1.165) is 0 Å². The molecule has 0 fully saturated rings. The molecule has 0 bridgehead atoms. The molecule has 0 saturated heterocycles. The molecule has 0 aliphatic rings. The van der Waals surface area contributed by atoms with Crippen molar-refractivity contribution in [1.29, 1.82) is 0 Å². The summed E-state index contributed by atoms with van der Waals surface area (Å²) in [6, 6.07) is 0. The second-order valence-corrected chi connectivity index (χ2v) is 1.32. The molecule has 1 radical (unpaired) electrons. The van der Waals surface area contributed by atoms with E-state index in [0.29, 0.717) is 5.03 Å². The summed E-state index contributed by atoms with van der Waals surface area (Å²) in [5.41, 5.74) is 0. The summed E-state index contributed by atoms with van der Waals surface area (Å²) < 4.78 is 0. The Labute approximate surface area is 68.6 Å². The molecule has 33 valence electrons. The summed E-state index contributed by atoms with van der Waals surface area (Å²) in [6.07, 6.45) is 1.53. The molecule has 1 rings (SSSR count). The Balaban J connectivity index is 0.000000360. The minimum Gasteiger partial charge on any atom is -0.252 e. The third-order valence-corrected chi connectivity index (χ3v) is 0.618. The predicted molar refractivity (Wildman–Crippen MR) is 29.4 cm³/mol. The number of H-pyrrole nitrogens is 1. The largest absolute Gasteiger partial charge is 0.252 e. The fourth-order valence-corrected chi connectivity index (χ4v) is 0.289. The molecule has 0 aliphatic carbocycles. The molecule has 1 N–H and O–H groups in total. The van der Waals surface area contributed by atoms with Gasteiger partial charge in [0.2, 0.25) is 0 Å². The maximum absolute atomic E-state index is 3.85. The van der Waals surface area contributed by atoms with Crippen molar-refractivity contribution in [1.82, 2.24) is 15.4 Å². The topological polar surface area (TPSA) is 41.6 Å². The fourth-order valence-electron chi connectivity index (χ4n) is 0.193. The zero-order valence-electron chi connectivity index (χ0n) is 3.92. The van der Waals surface area contributed by atoms with Gasteiger partial charge in [0.05, 0.1) is 6.20 Å². The molecule has 0 spiro atoms. The second kappa shape index (κ2) is 3.49. The van der Waals surface area contributed by atoms with Crippen LogP contribution in [0.5, 0.6) is 0 Å². The van der Waals surface area contributed by atoms with Crippen molar-refractivity contribution in [2.75, 3.05) is 0 Å². The molecule has 0 atom stereocenters. The van der Waals surface area contributed by atoms with Crippen LogP contribution in [0, 0.1) is 0 Å². The first-order valence-electron chi connectivity index (χ1n) is 1.44. The molecule has 0 unspecified atom stereocenters. The van der Waals surface area contributed by atoms with Crippen LogP contribution in [0.1, 0.15) is 0 Å². The van der Waals surface area contributed by atoms with E-state index >= 15 is 0 Å². The van der Waals surface area contributed by atoms with E-state index in [1.807, 2.05) is 0 Å². The van der Waals surface area contributed by atoms with Crippen molar-refractivity contribution >= 4 is 42.2 Å². The SMILES string of the molecule is Sc1cnn[nH]1.[Na]. The first kappa shape index (κ1) is 7.49. The normalized spacial score (nSPS) is 7.57. The minimum atomic E-state index is 0. The smallest absolute Gasteiger partial charge is 0.108 e. The van der Waals surface area contributed by atoms with Gasteiger partial charge in [-0.3, -0.25) is 5.10 Å². The molecule has 0 amide bonds. The predicted octanol–water partition coefficient (Wildman–Crippen LogP) is -0.287. The Bertz CT molecular complexity index is 116. The van der Waals surface area contributed by atoms with Gasteiger partial charge < -0.3 is 0 Å². The zero-order chi connectivity index (χ0) is 4.41. The summed E-state index contributed by atoms with van der Waals surface area (Å²) in [5, 5.41) is 10.0. The van der Waals surface area contributed by atoms with Crippen molar-refractivity contribution in [3.05, 3.63) is 6.20 Å². The van der Waals surface area contributed by atoms with E-state index in [9.17, 15) is 0 Å². The Hall–Kier alpha value is 0.490. The summed E-state index contributed by atoms with van der Waals surface area (Å²) in [7, 11) is 0. The molecule has 1 heterocycles. The standard InChI is InChI=1S/C2H3N3S.Na/c6-2-1-3-5-4-2;/h1H,(H2,3,4,5,6);. The number of nitrogens with one attached hydrogen (secondary N) is 1. The van der Waals surface area contributed by atoms with E-state index in [2.05, 4.69) is 28.0 Å². The van der Waals surface area contributed by atoms with Crippen LogP contribution in [0.4, 0.5) is 0 Å². The summed E-state index contributed by atoms with van der Waals surface area (Å²) in [4.78, 5) is 0. The molecule has 0 aromatic carbocycles. The second-order valence-electron chi connectivity index (χ2n) is 0.842. The average molecular weight is 124 g/mol. The first-order valence-corrected chi connectivity index (χ1v) is 1.89. The van der Waals surface area contributed by atoms with Crippen LogP contribution in [-0.4, -0.2) is 45.0 Å². The van der Waals surface area contributed by atoms with Gasteiger partial charge in [-0.05, 0) is 0 Å². The molecular weight excluding hydrogens is 121 g/mol. The van der Waals surface area contributed by atoms with Gasteiger partial charge in [-0.15, -0.1) is 17.7 Å². The van der Waals surface area contributed by atoms with Gasteiger partial charge in [0.1, 0.15) is 5.03 Å². The van der Waals surface area contributed by atoms with Crippen molar-refractivity contribution < 1.29 is 0 Å². The number of rotatable bonds is 0. The van der Waals surface area contributed by atoms with E-state index < -0.39 is 0 Å². The van der Waals surface area contributed by atoms with E-state index in [1.54, 1.807) is 0 Å². The quantitative estimate of drug-likeness (QED) is 0.368. The van der Waals surface area contributed by atoms with Crippen LogP contribution < -0.4 is 0 Å². The van der Waals surface area contributed by atoms with Crippen LogP contribution in [0.25, 0.3) is 0 Å². The monoisotopic (exact) mass is 124 g/mol. The summed E-state index contributed by atoms with van der Waals surface area (Å²) >= 11 is 3.85. The third kappa shape index (κ3) is 2.33. The van der Waals surface area contributed by atoms with Gasteiger partial charge in [0.15, 0.2) is 0 Å². The number of thiol groups is 1. The van der Waals surface area contributed by atoms with Crippen LogP contribution >= 0.6 is 12.6 Å². The van der Waals surface area contributed by atoms with Gasteiger partial charge in [-0.2, -0.15) is 0 Å². The van der Waals surface area contributed by atoms with Crippen molar-refractivity contribution in [3.8, 4) is 0 Å². The number of aromatic amines is 1. The number of aromatic nitrogens is 3. The van der Waals surface area contributed by atoms with Gasteiger partial charge in [0.25, 0.3) is 0 Å². The molecule has 7 heavy (non-hydrogen) atoms.